The van der Waals surface area contributed by atoms with Crippen molar-refractivity contribution in [2.24, 2.45) is 0 Å². The predicted molar refractivity (Wildman–Crippen MR) is 91.2 cm³/mol. The Morgan fingerprint density at radius 2 is 1.71 bits per heavy atom. The van der Waals surface area contributed by atoms with Crippen molar-refractivity contribution in [2.45, 2.75) is 39.5 Å². The molecule has 0 bridgehead atoms. The van der Waals surface area contributed by atoms with E-state index in [2.05, 4.69) is 51.1 Å². The molecule has 0 radical (unpaired) electrons. The van der Waals surface area contributed by atoms with Crippen LogP contribution in [0.1, 0.15) is 40.5 Å². The molecule has 2 heteroatoms. The van der Waals surface area contributed by atoms with E-state index in [1.165, 1.54) is 55.9 Å². The normalized spacial score (nSPS) is 14.8. The third-order valence-corrected chi connectivity index (χ3v) is 5.73. The Morgan fingerprint density at radius 1 is 1.00 bits per heavy atom. The second kappa shape index (κ2) is 4.67. The van der Waals surface area contributed by atoms with E-state index in [1.54, 1.807) is 0 Å². The van der Waals surface area contributed by atoms with E-state index in [1.807, 2.05) is 11.3 Å². The highest BCUT2D eigenvalue weighted by Gasteiger charge is 2.29. The van der Waals surface area contributed by atoms with Gasteiger partial charge in [-0.05, 0) is 55.9 Å². The first kappa shape index (κ1) is 13.0. The minimum Gasteiger partial charge on any atom is -0.241 e. The Kier molecular flexibility index (Phi) is 2.90. The molecule has 1 aliphatic rings. The molecule has 0 aliphatic heterocycles. The molecule has 0 atom stereocenters. The molecule has 0 saturated heterocycles. The van der Waals surface area contributed by atoms with Crippen molar-refractivity contribution < 1.29 is 0 Å². The monoisotopic (exact) mass is 293 g/mol. The van der Waals surface area contributed by atoms with Crippen LogP contribution in [0.4, 0.5) is 0 Å². The Hall–Kier alpha value is -1.67. The van der Waals surface area contributed by atoms with E-state index in [9.17, 15) is 0 Å². The van der Waals surface area contributed by atoms with Gasteiger partial charge in [-0.3, -0.25) is 0 Å². The van der Waals surface area contributed by atoms with Gasteiger partial charge in [-0.15, -0.1) is 11.3 Å². The average molecular weight is 293 g/mol. The molecule has 1 saturated carbocycles. The van der Waals surface area contributed by atoms with Gasteiger partial charge in [0.15, 0.2) is 0 Å². The first-order valence-corrected chi connectivity index (χ1v) is 8.44. The first-order valence-electron chi connectivity index (χ1n) is 7.62. The Morgan fingerprint density at radius 3 is 2.38 bits per heavy atom. The lowest BCUT2D eigenvalue weighted by Gasteiger charge is -2.13. The van der Waals surface area contributed by atoms with Gasteiger partial charge in [0, 0.05) is 21.9 Å². The lowest BCUT2D eigenvalue weighted by molar-refractivity contribution is 1.02. The minimum atomic E-state index is 0.694. The molecule has 0 unspecified atom stereocenters. The van der Waals surface area contributed by atoms with E-state index in [0.29, 0.717) is 5.92 Å². The van der Waals surface area contributed by atoms with Gasteiger partial charge >= 0.3 is 0 Å². The number of rotatable bonds is 2. The van der Waals surface area contributed by atoms with Crippen molar-refractivity contribution in [3.63, 3.8) is 0 Å². The standard InChI is InChI=1S/C19H19NS/c1-11-13(3)21-19-17(11)16(14-7-5-4-6-8-14)12(2)18(20-19)15-9-10-15/h4-8,15H,9-10H2,1-3H3. The second-order valence-electron chi connectivity index (χ2n) is 6.10. The maximum absolute atomic E-state index is 5.02. The summed E-state index contributed by atoms with van der Waals surface area (Å²) >= 11 is 1.84. The van der Waals surface area contributed by atoms with Crippen LogP contribution in [0.5, 0.6) is 0 Å². The van der Waals surface area contributed by atoms with Crippen molar-refractivity contribution in [2.75, 3.05) is 0 Å². The van der Waals surface area contributed by atoms with Crippen LogP contribution in [0, 0.1) is 20.8 Å². The maximum Gasteiger partial charge on any atom is 0.124 e. The van der Waals surface area contributed by atoms with Gasteiger partial charge in [0.25, 0.3) is 0 Å². The average Bonchev–Trinajstić information content (AvgIpc) is 3.29. The molecule has 0 amide bonds. The largest absolute Gasteiger partial charge is 0.241 e. The number of nitrogens with zero attached hydrogens (tertiary/aromatic N) is 1. The second-order valence-corrected chi connectivity index (χ2v) is 7.30. The lowest BCUT2D eigenvalue weighted by atomic mass is 9.94. The van der Waals surface area contributed by atoms with Crippen molar-refractivity contribution in [3.05, 3.63) is 52.0 Å². The number of hydrogen-bond acceptors (Lipinski definition) is 2. The highest BCUT2D eigenvalue weighted by Crippen LogP contribution is 2.46. The van der Waals surface area contributed by atoms with Crippen LogP contribution < -0.4 is 0 Å². The molecule has 21 heavy (non-hydrogen) atoms. The quantitative estimate of drug-likeness (QED) is 0.585. The van der Waals surface area contributed by atoms with E-state index in [-0.39, 0.29) is 0 Å². The summed E-state index contributed by atoms with van der Waals surface area (Å²) in [7, 11) is 0. The summed E-state index contributed by atoms with van der Waals surface area (Å²) in [6, 6.07) is 10.8. The maximum atomic E-state index is 5.02. The fraction of sp³-hybridized carbons (Fsp3) is 0.316. The molecular formula is C19H19NS. The molecule has 106 valence electrons. The Balaban J connectivity index is 2.12. The van der Waals surface area contributed by atoms with E-state index in [4.69, 9.17) is 4.98 Å². The van der Waals surface area contributed by atoms with Gasteiger partial charge in [0.1, 0.15) is 4.83 Å². The van der Waals surface area contributed by atoms with Crippen LogP contribution in [0.15, 0.2) is 30.3 Å². The van der Waals surface area contributed by atoms with Crippen LogP contribution in [0.3, 0.4) is 0 Å². The molecule has 2 aromatic heterocycles. The number of benzene rings is 1. The third-order valence-electron chi connectivity index (χ3n) is 4.62. The van der Waals surface area contributed by atoms with Crippen LogP contribution in [0.2, 0.25) is 0 Å². The van der Waals surface area contributed by atoms with Crippen molar-refractivity contribution in [1.82, 2.24) is 4.98 Å². The molecule has 1 aromatic carbocycles. The van der Waals surface area contributed by atoms with Crippen LogP contribution >= 0.6 is 11.3 Å². The van der Waals surface area contributed by atoms with Crippen molar-refractivity contribution in [1.29, 1.82) is 0 Å². The van der Waals surface area contributed by atoms with Crippen molar-refractivity contribution in [3.8, 4) is 11.1 Å². The summed E-state index contributed by atoms with van der Waals surface area (Å²) in [5, 5.41) is 1.37. The molecule has 2 heterocycles. The number of aryl methyl sites for hydroxylation is 2. The third kappa shape index (κ3) is 2.01. The van der Waals surface area contributed by atoms with E-state index >= 15 is 0 Å². The van der Waals surface area contributed by atoms with E-state index < -0.39 is 0 Å². The fourth-order valence-corrected chi connectivity index (χ4v) is 4.26. The van der Waals surface area contributed by atoms with Gasteiger partial charge in [0.2, 0.25) is 0 Å². The van der Waals surface area contributed by atoms with Crippen LogP contribution in [-0.2, 0) is 0 Å². The molecule has 3 aromatic rings. The number of thiophene rings is 1. The first-order chi connectivity index (χ1) is 10.2. The summed E-state index contributed by atoms with van der Waals surface area (Å²) in [4.78, 5) is 7.63. The molecule has 0 N–H and O–H groups in total. The summed E-state index contributed by atoms with van der Waals surface area (Å²) < 4.78 is 0. The molecule has 1 nitrogen and oxygen atoms in total. The molecule has 1 fully saturated rings. The highest BCUT2D eigenvalue weighted by atomic mass is 32.1. The number of fused-ring (bicyclic) bond motifs is 1. The van der Waals surface area contributed by atoms with Gasteiger partial charge in [-0.25, -0.2) is 4.98 Å². The lowest BCUT2D eigenvalue weighted by Crippen LogP contribution is -1.96. The predicted octanol–water partition coefficient (Wildman–Crippen LogP) is 5.77. The Labute approximate surface area is 129 Å². The number of aromatic nitrogens is 1. The smallest absolute Gasteiger partial charge is 0.124 e. The van der Waals surface area contributed by atoms with Crippen LogP contribution in [-0.4, -0.2) is 4.98 Å². The number of hydrogen-bond donors (Lipinski definition) is 0. The van der Waals surface area contributed by atoms with Gasteiger partial charge < -0.3 is 0 Å². The van der Waals surface area contributed by atoms with Crippen molar-refractivity contribution >= 4 is 21.6 Å². The minimum absolute atomic E-state index is 0.694. The molecule has 4 rings (SSSR count). The highest BCUT2D eigenvalue weighted by molar-refractivity contribution is 7.18. The molecule has 0 spiro atoms. The van der Waals surface area contributed by atoms with Gasteiger partial charge in [-0.1, -0.05) is 30.3 Å². The van der Waals surface area contributed by atoms with Crippen LogP contribution in [0.25, 0.3) is 21.3 Å². The SMILES string of the molecule is Cc1sc2nc(C3CC3)c(C)c(-c3ccccc3)c2c1C. The topological polar surface area (TPSA) is 12.9 Å². The zero-order valence-electron chi connectivity index (χ0n) is 12.7. The fourth-order valence-electron chi connectivity index (χ4n) is 3.21. The number of pyridine rings is 1. The summed E-state index contributed by atoms with van der Waals surface area (Å²) in [5.41, 5.74) is 6.85. The zero-order valence-corrected chi connectivity index (χ0v) is 13.6. The van der Waals surface area contributed by atoms with Gasteiger partial charge in [-0.2, -0.15) is 0 Å². The summed E-state index contributed by atoms with van der Waals surface area (Å²) in [6.45, 7) is 6.70. The van der Waals surface area contributed by atoms with E-state index in [0.717, 1.165) is 0 Å². The van der Waals surface area contributed by atoms with Gasteiger partial charge in [0.05, 0.1) is 0 Å². The zero-order chi connectivity index (χ0) is 14.6. The summed E-state index contributed by atoms with van der Waals surface area (Å²) in [5.74, 6) is 0.694. The molecular weight excluding hydrogens is 274 g/mol. The molecule has 1 aliphatic carbocycles. The Bertz CT molecular complexity index is 826. The summed E-state index contributed by atoms with van der Waals surface area (Å²) in [6.07, 6.45) is 2.60.